The number of benzene rings is 2. The van der Waals surface area contributed by atoms with E-state index in [0.29, 0.717) is 11.3 Å². The molecule has 3 aromatic rings. The second-order valence-electron chi connectivity index (χ2n) is 9.53. The average molecular weight is 586 g/mol. The molecule has 4 atom stereocenters. The number of nitrogens with two attached hydrogens (primary N) is 1. The molecule has 220 valence electrons. The van der Waals surface area contributed by atoms with Gasteiger partial charge in [0.15, 0.2) is 0 Å². The number of hydrogen-bond donors (Lipinski definition) is 8. The summed E-state index contributed by atoms with van der Waals surface area (Å²) in [5, 5.41) is 36.6. The molecule has 0 aliphatic heterocycles. The number of nitrogens with one attached hydrogen (secondary N) is 4. The minimum atomic E-state index is -1.56. The van der Waals surface area contributed by atoms with Gasteiger partial charge in [0.05, 0.1) is 12.6 Å². The molecule has 2 aromatic carbocycles. The number of aromatic amines is 1. The van der Waals surface area contributed by atoms with Crippen LogP contribution in [0.3, 0.4) is 0 Å². The SMILES string of the molecule is CSCCC(NC(=O)C(N)Cc1ccc(O)cc1)C(=O)NC(Cc1c[nH]c2ccccc12)C(=O)NC(CO)C(=O)O. The highest BCUT2D eigenvalue weighted by Crippen LogP contribution is 2.19. The second kappa shape index (κ2) is 15.1. The molecule has 3 amide bonds. The maximum Gasteiger partial charge on any atom is 0.328 e. The minimum absolute atomic E-state index is 0.0168. The smallest absolute Gasteiger partial charge is 0.328 e. The quantitative estimate of drug-likeness (QED) is 0.123. The van der Waals surface area contributed by atoms with Crippen molar-refractivity contribution in [3.8, 4) is 5.75 Å². The predicted octanol–water partition coefficient (Wildman–Crippen LogP) is 0.270. The number of fused-ring (bicyclic) bond motifs is 1. The molecular weight excluding hydrogens is 550 g/mol. The minimum Gasteiger partial charge on any atom is -0.508 e. The van der Waals surface area contributed by atoms with Crippen molar-refractivity contribution in [2.24, 2.45) is 5.73 Å². The van der Waals surface area contributed by atoms with E-state index in [-0.39, 0.29) is 25.0 Å². The number of aliphatic hydroxyl groups excluding tert-OH is 1. The van der Waals surface area contributed by atoms with Crippen molar-refractivity contribution in [2.75, 3.05) is 18.6 Å². The van der Waals surface area contributed by atoms with Gasteiger partial charge in [-0.1, -0.05) is 30.3 Å². The van der Waals surface area contributed by atoms with Gasteiger partial charge in [0, 0.05) is 23.5 Å². The Morgan fingerprint density at radius 1 is 0.902 bits per heavy atom. The summed E-state index contributed by atoms with van der Waals surface area (Å²) < 4.78 is 0. The summed E-state index contributed by atoms with van der Waals surface area (Å²) >= 11 is 1.47. The lowest BCUT2D eigenvalue weighted by Gasteiger charge is -2.25. The highest BCUT2D eigenvalue weighted by Gasteiger charge is 2.30. The van der Waals surface area contributed by atoms with E-state index in [2.05, 4.69) is 20.9 Å². The first-order valence-electron chi connectivity index (χ1n) is 12.9. The van der Waals surface area contributed by atoms with Crippen molar-refractivity contribution in [3.05, 3.63) is 65.9 Å². The molecule has 13 heteroatoms. The monoisotopic (exact) mass is 585 g/mol. The van der Waals surface area contributed by atoms with Gasteiger partial charge in [0.1, 0.15) is 23.9 Å². The van der Waals surface area contributed by atoms with Gasteiger partial charge in [-0.2, -0.15) is 11.8 Å². The van der Waals surface area contributed by atoms with Crippen LogP contribution >= 0.6 is 11.8 Å². The van der Waals surface area contributed by atoms with Crippen LogP contribution in [0.4, 0.5) is 0 Å². The van der Waals surface area contributed by atoms with Crippen LogP contribution in [0.15, 0.2) is 54.7 Å². The highest BCUT2D eigenvalue weighted by atomic mass is 32.2. The molecule has 1 heterocycles. The maximum absolute atomic E-state index is 13.4. The summed E-state index contributed by atoms with van der Waals surface area (Å²) in [5.41, 5.74) is 8.35. The molecule has 0 spiro atoms. The number of hydrogen-bond acceptors (Lipinski definition) is 8. The normalized spacial score (nSPS) is 14.0. The first kappa shape index (κ1) is 31.5. The van der Waals surface area contributed by atoms with Crippen molar-refractivity contribution in [1.29, 1.82) is 0 Å². The summed E-state index contributed by atoms with van der Waals surface area (Å²) in [6.45, 7) is -0.833. The van der Waals surface area contributed by atoms with Crippen LogP contribution in [0.25, 0.3) is 10.9 Å². The zero-order valence-corrected chi connectivity index (χ0v) is 23.3. The summed E-state index contributed by atoms with van der Waals surface area (Å²) in [6.07, 6.45) is 3.99. The number of H-pyrrole nitrogens is 1. The Balaban J connectivity index is 1.78. The fraction of sp³-hybridized carbons (Fsp3) is 0.357. The molecule has 0 fully saturated rings. The third-order valence-electron chi connectivity index (χ3n) is 6.50. The number of carbonyl (C=O) groups is 4. The fourth-order valence-electron chi connectivity index (χ4n) is 4.22. The van der Waals surface area contributed by atoms with Crippen molar-refractivity contribution < 1.29 is 34.5 Å². The number of aromatic hydroxyl groups is 1. The number of phenolic OH excluding ortho intramolecular Hbond substituents is 1. The molecule has 0 aliphatic carbocycles. The van der Waals surface area contributed by atoms with Gasteiger partial charge in [-0.15, -0.1) is 0 Å². The van der Waals surface area contributed by atoms with Gasteiger partial charge in [-0.25, -0.2) is 4.79 Å². The number of aliphatic carboxylic acids is 1. The first-order valence-corrected chi connectivity index (χ1v) is 14.3. The molecule has 12 nitrogen and oxygen atoms in total. The van der Waals surface area contributed by atoms with E-state index in [9.17, 15) is 34.5 Å². The Bertz CT molecular complexity index is 1350. The van der Waals surface area contributed by atoms with E-state index in [1.807, 2.05) is 30.5 Å². The third kappa shape index (κ3) is 8.96. The predicted molar refractivity (Wildman–Crippen MR) is 155 cm³/mol. The van der Waals surface area contributed by atoms with Crippen molar-refractivity contribution >= 4 is 46.4 Å². The zero-order chi connectivity index (χ0) is 29.9. The Morgan fingerprint density at radius 3 is 2.20 bits per heavy atom. The van der Waals surface area contributed by atoms with Crippen LogP contribution in [-0.4, -0.2) is 86.8 Å². The number of carbonyl (C=O) groups excluding carboxylic acids is 3. The Labute approximate surface area is 241 Å². The van der Waals surface area contributed by atoms with E-state index >= 15 is 0 Å². The van der Waals surface area contributed by atoms with Crippen LogP contribution in [0, 0.1) is 0 Å². The van der Waals surface area contributed by atoms with Gasteiger partial charge in [0.2, 0.25) is 17.7 Å². The summed E-state index contributed by atoms with van der Waals surface area (Å²) in [5.74, 6) is -2.82. The molecule has 0 aliphatic rings. The van der Waals surface area contributed by atoms with Gasteiger partial charge in [-0.3, -0.25) is 14.4 Å². The number of phenols is 1. The second-order valence-corrected chi connectivity index (χ2v) is 10.5. The fourth-order valence-corrected chi connectivity index (χ4v) is 4.69. The van der Waals surface area contributed by atoms with E-state index in [1.165, 1.54) is 23.9 Å². The van der Waals surface area contributed by atoms with E-state index in [4.69, 9.17) is 5.73 Å². The molecule has 9 N–H and O–H groups in total. The molecule has 0 saturated carbocycles. The van der Waals surface area contributed by atoms with Crippen molar-refractivity contribution in [3.63, 3.8) is 0 Å². The van der Waals surface area contributed by atoms with Crippen molar-refractivity contribution in [2.45, 2.75) is 43.4 Å². The molecule has 0 radical (unpaired) electrons. The molecule has 1 aromatic heterocycles. The number of carboxylic acids is 1. The topological polar surface area (TPSA) is 207 Å². The van der Waals surface area contributed by atoms with Gasteiger partial charge < -0.3 is 42.0 Å². The van der Waals surface area contributed by atoms with Crippen LogP contribution in [-0.2, 0) is 32.0 Å². The van der Waals surface area contributed by atoms with Crippen LogP contribution in [0.5, 0.6) is 5.75 Å². The number of aliphatic hydroxyl groups is 1. The summed E-state index contributed by atoms with van der Waals surface area (Å²) in [4.78, 5) is 54.1. The zero-order valence-electron chi connectivity index (χ0n) is 22.5. The molecular formula is C28H35N5O7S. The Kier molecular flexibility index (Phi) is 11.6. The average Bonchev–Trinajstić information content (AvgIpc) is 3.36. The van der Waals surface area contributed by atoms with E-state index < -0.39 is 54.5 Å². The van der Waals surface area contributed by atoms with Crippen LogP contribution in [0.2, 0.25) is 0 Å². The van der Waals surface area contributed by atoms with Crippen molar-refractivity contribution in [1.82, 2.24) is 20.9 Å². The first-order chi connectivity index (χ1) is 19.6. The van der Waals surface area contributed by atoms with Gasteiger partial charge in [-0.05, 0) is 54.2 Å². The number of thioether (sulfide) groups is 1. The Morgan fingerprint density at radius 2 is 1.54 bits per heavy atom. The summed E-state index contributed by atoms with van der Waals surface area (Å²) in [6, 6.07) is 8.87. The van der Waals surface area contributed by atoms with Crippen LogP contribution in [0.1, 0.15) is 17.5 Å². The lowest BCUT2D eigenvalue weighted by atomic mass is 10.0. The molecule has 41 heavy (non-hydrogen) atoms. The number of aromatic nitrogens is 1. The van der Waals surface area contributed by atoms with Gasteiger partial charge in [0.25, 0.3) is 0 Å². The Hall–Kier alpha value is -4.07. The van der Waals surface area contributed by atoms with E-state index in [1.54, 1.807) is 18.3 Å². The maximum atomic E-state index is 13.4. The lowest BCUT2D eigenvalue weighted by molar-refractivity contribution is -0.143. The molecule has 0 saturated heterocycles. The number of amides is 3. The highest BCUT2D eigenvalue weighted by molar-refractivity contribution is 7.98. The number of rotatable bonds is 15. The largest absolute Gasteiger partial charge is 0.508 e. The molecule has 0 bridgehead atoms. The van der Waals surface area contributed by atoms with Gasteiger partial charge >= 0.3 is 5.97 Å². The standard InChI is InChI=1S/C28H35N5O7S/c1-41-11-10-22(31-25(36)20(29)12-16-6-8-18(35)9-7-16)26(37)32-23(27(38)33-24(15-34)28(39)40)13-17-14-30-21-5-3-2-4-19(17)21/h2-9,14,20,22-24,30,34-35H,10-13,15,29H2,1H3,(H,31,36)(H,32,37)(H,33,38)(H,39,40). The number of carboxylic acid groups (broad SMARTS) is 1. The van der Waals surface area contributed by atoms with E-state index in [0.717, 1.165) is 16.5 Å². The summed E-state index contributed by atoms with van der Waals surface area (Å²) in [7, 11) is 0. The molecule has 3 rings (SSSR count). The number of para-hydroxylation sites is 1. The lowest BCUT2D eigenvalue weighted by Crippen LogP contribution is -2.58. The third-order valence-corrected chi connectivity index (χ3v) is 7.15. The van der Waals surface area contributed by atoms with Crippen LogP contribution < -0.4 is 21.7 Å². The molecule has 4 unspecified atom stereocenters.